The zero-order chi connectivity index (χ0) is 19.6. The van der Waals surface area contributed by atoms with Crippen molar-refractivity contribution in [1.29, 1.82) is 0 Å². The van der Waals surface area contributed by atoms with Crippen LogP contribution in [0.5, 0.6) is 5.75 Å². The summed E-state index contributed by atoms with van der Waals surface area (Å²) in [5.41, 5.74) is 1.36. The molecule has 138 valence electrons. The number of ether oxygens (including phenoxy) is 1. The molecule has 1 amide bonds. The molecule has 0 saturated heterocycles. The van der Waals surface area contributed by atoms with Crippen molar-refractivity contribution < 1.29 is 14.5 Å². The zero-order valence-corrected chi connectivity index (χ0v) is 15.1. The molecule has 2 aromatic carbocycles. The van der Waals surface area contributed by atoms with Crippen LogP contribution in [0.2, 0.25) is 5.02 Å². The maximum absolute atomic E-state index is 11.9. The van der Waals surface area contributed by atoms with Crippen molar-refractivity contribution in [2.45, 2.75) is 6.42 Å². The monoisotopic (exact) mass is 384 g/mol. The summed E-state index contributed by atoms with van der Waals surface area (Å²) in [5, 5.41) is 13.7. The number of halogens is 1. The Morgan fingerprint density at radius 3 is 2.70 bits per heavy atom. The Morgan fingerprint density at radius 2 is 2.04 bits per heavy atom. The van der Waals surface area contributed by atoms with Crippen molar-refractivity contribution in [2.75, 3.05) is 13.2 Å². The van der Waals surface area contributed by atoms with Crippen molar-refractivity contribution in [2.24, 2.45) is 0 Å². The van der Waals surface area contributed by atoms with Crippen LogP contribution in [0.15, 0.2) is 48.5 Å². The van der Waals surface area contributed by atoms with E-state index in [1.165, 1.54) is 24.3 Å². The molecule has 2 aromatic rings. The normalized spacial score (nSPS) is 10.4. The Bertz CT molecular complexity index is 886. The van der Waals surface area contributed by atoms with Gasteiger partial charge in [-0.2, -0.15) is 0 Å². The van der Waals surface area contributed by atoms with Gasteiger partial charge >= 0.3 is 0 Å². The number of carbonyl (C=O) groups excluding carboxylic acids is 1. The number of terminal acetylenes is 1. The Hall–Kier alpha value is -3.30. The molecule has 7 heteroatoms. The lowest BCUT2D eigenvalue weighted by atomic mass is 10.1. The molecule has 0 bridgehead atoms. The molecule has 0 fully saturated rings. The summed E-state index contributed by atoms with van der Waals surface area (Å²) in [6.45, 7) is 0.674. The number of hydrogen-bond acceptors (Lipinski definition) is 4. The number of nitro groups is 1. The van der Waals surface area contributed by atoms with Crippen LogP contribution in [0.3, 0.4) is 0 Å². The van der Waals surface area contributed by atoms with E-state index < -0.39 is 4.92 Å². The summed E-state index contributed by atoms with van der Waals surface area (Å²) in [6, 6.07) is 11.8. The van der Waals surface area contributed by atoms with Gasteiger partial charge in [-0.3, -0.25) is 14.9 Å². The first-order valence-electron chi connectivity index (χ1n) is 8.04. The van der Waals surface area contributed by atoms with E-state index in [-0.39, 0.29) is 23.2 Å². The van der Waals surface area contributed by atoms with Gasteiger partial charge in [0.1, 0.15) is 17.4 Å². The number of nitrogens with one attached hydrogen (secondary N) is 1. The molecule has 0 saturated carbocycles. The van der Waals surface area contributed by atoms with Crippen molar-refractivity contribution >= 4 is 29.3 Å². The van der Waals surface area contributed by atoms with Crippen LogP contribution in [-0.4, -0.2) is 24.0 Å². The molecule has 0 radical (unpaired) electrons. The molecule has 1 N–H and O–H groups in total. The molecular formula is C20H17ClN2O4. The van der Waals surface area contributed by atoms with Gasteiger partial charge in [0.2, 0.25) is 5.91 Å². The van der Waals surface area contributed by atoms with E-state index in [2.05, 4.69) is 11.2 Å². The highest BCUT2D eigenvalue weighted by atomic mass is 35.5. The van der Waals surface area contributed by atoms with E-state index in [1.807, 2.05) is 24.3 Å². The number of nitro benzene ring substituents is 1. The van der Waals surface area contributed by atoms with Crippen LogP contribution in [0.4, 0.5) is 5.69 Å². The van der Waals surface area contributed by atoms with E-state index in [0.717, 1.165) is 5.56 Å². The first-order chi connectivity index (χ1) is 13.0. The maximum atomic E-state index is 11.9. The molecular weight excluding hydrogens is 368 g/mol. The third-order valence-corrected chi connectivity index (χ3v) is 3.87. The largest absolute Gasteiger partial charge is 0.481 e. The molecule has 0 aromatic heterocycles. The second kappa shape index (κ2) is 10.00. The van der Waals surface area contributed by atoms with Gasteiger partial charge in [0.05, 0.1) is 4.92 Å². The summed E-state index contributed by atoms with van der Waals surface area (Å²) in [7, 11) is 0. The molecule has 0 aliphatic rings. The zero-order valence-electron chi connectivity index (χ0n) is 14.4. The highest BCUT2D eigenvalue weighted by molar-refractivity contribution is 6.32. The van der Waals surface area contributed by atoms with Crippen molar-refractivity contribution in [3.8, 4) is 18.1 Å². The molecule has 0 atom stereocenters. The molecule has 6 nitrogen and oxygen atoms in total. The maximum Gasteiger partial charge on any atom is 0.288 e. The van der Waals surface area contributed by atoms with Crippen LogP contribution in [0.25, 0.3) is 6.08 Å². The lowest BCUT2D eigenvalue weighted by Gasteiger charge is -2.05. The molecule has 0 spiro atoms. The third kappa shape index (κ3) is 6.49. The minimum absolute atomic E-state index is 0.0531. The number of rotatable bonds is 8. The van der Waals surface area contributed by atoms with Gasteiger partial charge in [-0.25, -0.2) is 0 Å². The third-order valence-electron chi connectivity index (χ3n) is 3.55. The molecule has 0 aliphatic heterocycles. The summed E-state index contributed by atoms with van der Waals surface area (Å²) < 4.78 is 5.29. The SMILES string of the molecule is C#CCOc1ccc(CCNC(=O)/C=C/c2ccc(Cl)c([N+](=O)[O-])c2)cc1. The standard InChI is InChI=1S/C20H17ClN2O4/c1-2-13-27-17-7-3-15(4-8-17)11-12-22-20(24)10-6-16-5-9-18(21)19(14-16)23(25)26/h1,3-10,14H,11-13H2,(H,22,24)/b10-6+. The Kier molecular flexibility index (Phi) is 7.41. The Balaban J connectivity index is 1.82. The van der Waals surface area contributed by atoms with E-state index >= 15 is 0 Å². The molecule has 2 rings (SSSR count). The van der Waals surface area contributed by atoms with Crippen LogP contribution in [-0.2, 0) is 11.2 Å². The van der Waals surface area contributed by atoms with Crippen LogP contribution in [0.1, 0.15) is 11.1 Å². The molecule has 0 unspecified atom stereocenters. The number of nitrogens with zero attached hydrogens (tertiary/aromatic N) is 1. The smallest absolute Gasteiger partial charge is 0.288 e. The first-order valence-corrected chi connectivity index (χ1v) is 8.42. The summed E-state index contributed by atoms with van der Waals surface area (Å²) in [5.74, 6) is 2.80. The van der Waals surface area contributed by atoms with Gasteiger partial charge in [0.15, 0.2) is 0 Å². The van der Waals surface area contributed by atoms with E-state index in [4.69, 9.17) is 22.8 Å². The van der Waals surface area contributed by atoms with Gasteiger partial charge in [-0.15, -0.1) is 6.42 Å². The number of carbonyl (C=O) groups is 1. The minimum Gasteiger partial charge on any atom is -0.481 e. The lowest BCUT2D eigenvalue weighted by Crippen LogP contribution is -2.23. The predicted octanol–water partition coefficient (Wildman–Crippen LogP) is 3.63. The molecule has 0 heterocycles. The fourth-order valence-electron chi connectivity index (χ4n) is 2.21. The van der Waals surface area contributed by atoms with E-state index in [9.17, 15) is 14.9 Å². The summed E-state index contributed by atoms with van der Waals surface area (Å²) >= 11 is 5.75. The highest BCUT2D eigenvalue weighted by Crippen LogP contribution is 2.25. The van der Waals surface area contributed by atoms with Gasteiger partial charge in [-0.1, -0.05) is 35.7 Å². The highest BCUT2D eigenvalue weighted by Gasteiger charge is 2.11. The summed E-state index contributed by atoms with van der Waals surface area (Å²) in [4.78, 5) is 22.2. The average Bonchev–Trinajstić information content (AvgIpc) is 2.66. The fourth-order valence-corrected chi connectivity index (χ4v) is 2.40. The van der Waals surface area contributed by atoms with Gasteiger partial charge in [0, 0.05) is 18.7 Å². The van der Waals surface area contributed by atoms with Gasteiger partial charge < -0.3 is 10.1 Å². The number of hydrogen-bond donors (Lipinski definition) is 1. The van der Waals surface area contributed by atoms with Crippen LogP contribution in [0, 0.1) is 22.5 Å². The Morgan fingerprint density at radius 1 is 1.30 bits per heavy atom. The second-order valence-electron chi connectivity index (χ2n) is 5.48. The number of amides is 1. The van der Waals surface area contributed by atoms with Crippen molar-refractivity contribution in [3.63, 3.8) is 0 Å². The predicted molar refractivity (Wildman–Crippen MR) is 105 cm³/mol. The quantitative estimate of drug-likeness (QED) is 0.326. The fraction of sp³-hybridized carbons (Fsp3) is 0.150. The number of benzene rings is 2. The minimum atomic E-state index is -0.567. The van der Waals surface area contributed by atoms with Gasteiger partial charge in [0.25, 0.3) is 5.69 Å². The molecule has 0 aliphatic carbocycles. The van der Waals surface area contributed by atoms with E-state index in [1.54, 1.807) is 6.07 Å². The van der Waals surface area contributed by atoms with Crippen molar-refractivity contribution in [3.05, 3.63) is 74.8 Å². The van der Waals surface area contributed by atoms with E-state index in [0.29, 0.717) is 24.3 Å². The first kappa shape index (κ1) is 20.0. The topological polar surface area (TPSA) is 81.5 Å². The summed E-state index contributed by atoms with van der Waals surface area (Å²) in [6.07, 6.45) is 8.61. The van der Waals surface area contributed by atoms with Crippen molar-refractivity contribution in [1.82, 2.24) is 5.32 Å². The van der Waals surface area contributed by atoms with Crippen LogP contribution >= 0.6 is 11.6 Å². The average molecular weight is 385 g/mol. The lowest BCUT2D eigenvalue weighted by molar-refractivity contribution is -0.384. The molecule has 27 heavy (non-hydrogen) atoms. The van der Waals surface area contributed by atoms with Crippen LogP contribution < -0.4 is 10.1 Å². The Labute approximate surface area is 161 Å². The van der Waals surface area contributed by atoms with Gasteiger partial charge in [-0.05, 0) is 41.8 Å². The second-order valence-corrected chi connectivity index (χ2v) is 5.89.